The van der Waals surface area contributed by atoms with Crippen molar-refractivity contribution in [3.05, 3.63) is 58.3 Å². The number of nitrogens with zero attached hydrogens (tertiary/aromatic N) is 3. The number of nitro groups is 1. The van der Waals surface area contributed by atoms with Gasteiger partial charge in [-0.15, -0.1) is 0 Å². The maximum atomic E-state index is 13.0. The predicted octanol–water partition coefficient (Wildman–Crippen LogP) is 4.65. The van der Waals surface area contributed by atoms with Gasteiger partial charge >= 0.3 is 0 Å². The van der Waals surface area contributed by atoms with Gasteiger partial charge in [0.15, 0.2) is 0 Å². The van der Waals surface area contributed by atoms with E-state index in [0.29, 0.717) is 28.5 Å². The molecule has 2 fully saturated rings. The number of hydrogen-bond acceptors (Lipinski definition) is 6. The van der Waals surface area contributed by atoms with Crippen molar-refractivity contribution >= 4 is 23.1 Å². The number of imidazole rings is 1. The van der Waals surface area contributed by atoms with Gasteiger partial charge < -0.3 is 16.4 Å². The summed E-state index contributed by atoms with van der Waals surface area (Å²) in [5.41, 5.74) is 8.51. The normalized spacial score (nSPS) is 21.1. The van der Waals surface area contributed by atoms with Crippen LogP contribution in [0.1, 0.15) is 68.1 Å². The number of carbonyl (C=O) groups is 1. The molecule has 0 saturated heterocycles. The van der Waals surface area contributed by atoms with Gasteiger partial charge in [-0.1, -0.05) is 31.4 Å². The number of amides is 1. The number of anilines is 1. The number of nitrogens with two attached hydrogens (primary N) is 1. The van der Waals surface area contributed by atoms with Gasteiger partial charge in [0, 0.05) is 47.6 Å². The molecule has 2 aliphatic carbocycles. The molecule has 0 aliphatic heterocycles. The van der Waals surface area contributed by atoms with Crippen molar-refractivity contribution in [3.63, 3.8) is 0 Å². The Morgan fingerprint density at radius 2 is 1.80 bits per heavy atom. The Kier molecular flexibility index (Phi) is 6.68. The van der Waals surface area contributed by atoms with E-state index in [9.17, 15) is 14.9 Å². The summed E-state index contributed by atoms with van der Waals surface area (Å²) in [6.45, 7) is 0. The minimum absolute atomic E-state index is 0.0236. The van der Waals surface area contributed by atoms with Crippen LogP contribution in [0.15, 0.2) is 42.6 Å². The smallest absolute Gasteiger partial charge is 0.270 e. The fourth-order valence-corrected chi connectivity index (χ4v) is 5.26. The van der Waals surface area contributed by atoms with Gasteiger partial charge in [0.2, 0.25) is 0 Å². The van der Waals surface area contributed by atoms with E-state index in [1.807, 2.05) is 22.7 Å². The Morgan fingerprint density at radius 1 is 1.03 bits per heavy atom. The lowest BCUT2D eigenvalue weighted by molar-refractivity contribution is -0.384. The lowest BCUT2D eigenvalue weighted by Crippen LogP contribution is -2.40. The van der Waals surface area contributed by atoms with Crippen molar-refractivity contribution in [3.8, 4) is 11.3 Å². The van der Waals surface area contributed by atoms with E-state index in [-0.39, 0.29) is 23.7 Å². The van der Waals surface area contributed by atoms with Crippen molar-refractivity contribution in [2.75, 3.05) is 5.32 Å². The van der Waals surface area contributed by atoms with Crippen LogP contribution in [-0.2, 0) is 0 Å². The molecule has 2 aromatic heterocycles. The summed E-state index contributed by atoms with van der Waals surface area (Å²) in [4.78, 5) is 28.8. The largest absolute Gasteiger partial charge is 0.367 e. The topological polar surface area (TPSA) is 128 Å². The first-order chi connectivity index (χ1) is 17.0. The van der Waals surface area contributed by atoms with Crippen LogP contribution < -0.4 is 16.4 Å². The molecule has 3 aromatic rings. The van der Waals surface area contributed by atoms with Crippen LogP contribution in [0.3, 0.4) is 0 Å². The molecule has 0 spiro atoms. The summed E-state index contributed by atoms with van der Waals surface area (Å²) >= 11 is 0. The minimum atomic E-state index is -0.395. The van der Waals surface area contributed by atoms with Crippen LogP contribution in [0, 0.1) is 10.1 Å². The van der Waals surface area contributed by atoms with E-state index in [4.69, 9.17) is 10.7 Å². The van der Waals surface area contributed by atoms with Gasteiger partial charge in [0.25, 0.3) is 11.6 Å². The number of carbonyl (C=O) groups excluding carboxylic acids is 1. The van der Waals surface area contributed by atoms with E-state index in [2.05, 4.69) is 10.6 Å². The van der Waals surface area contributed by atoms with Crippen LogP contribution in [0.25, 0.3) is 16.9 Å². The highest BCUT2D eigenvalue weighted by Gasteiger charge is 2.23. The van der Waals surface area contributed by atoms with Crippen molar-refractivity contribution < 1.29 is 9.72 Å². The number of nitro benzene ring substituents is 1. The highest BCUT2D eigenvalue weighted by Crippen LogP contribution is 2.33. The molecule has 0 atom stereocenters. The van der Waals surface area contributed by atoms with E-state index in [1.54, 1.807) is 18.2 Å². The van der Waals surface area contributed by atoms with Crippen LogP contribution in [0.4, 0.5) is 11.5 Å². The molecule has 4 N–H and O–H groups in total. The maximum Gasteiger partial charge on any atom is 0.270 e. The first-order valence-electron chi connectivity index (χ1n) is 12.6. The summed E-state index contributed by atoms with van der Waals surface area (Å²) in [7, 11) is 0. The maximum absolute atomic E-state index is 13.0. The van der Waals surface area contributed by atoms with Gasteiger partial charge in [-0.05, 0) is 50.7 Å². The second kappa shape index (κ2) is 10.0. The van der Waals surface area contributed by atoms with Crippen molar-refractivity contribution in [2.45, 2.75) is 75.9 Å². The lowest BCUT2D eigenvalue weighted by atomic mass is 9.91. The molecule has 5 rings (SSSR count). The Hall–Kier alpha value is -3.46. The zero-order valence-electron chi connectivity index (χ0n) is 19.8. The van der Waals surface area contributed by atoms with Gasteiger partial charge in [-0.25, -0.2) is 4.98 Å². The van der Waals surface area contributed by atoms with E-state index < -0.39 is 4.92 Å². The number of benzene rings is 1. The van der Waals surface area contributed by atoms with E-state index in [1.165, 1.54) is 25.3 Å². The molecule has 0 unspecified atom stereocenters. The van der Waals surface area contributed by atoms with Crippen LogP contribution >= 0.6 is 0 Å². The molecule has 0 radical (unpaired) electrons. The Balaban J connectivity index is 1.48. The van der Waals surface area contributed by atoms with E-state index in [0.717, 1.165) is 44.3 Å². The third kappa shape index (κ3) is 5.14. The molecule has 0 bridgehead atoms. The average molecular weight is 477 g/mol. The number of fused-ring (bicyclic) bond motifs is 1. The SMILES string of the molecule is NC1CCC(NC(=O)c2ccn3c(NC4CCCCC4)c(-c4cccc([N+](=O)[O-])c4)nc3c2)CC1. The minimum Gasteiger partial charge on any atom is -0.367 e. The Bertz CT molecular complexity index is 1230. The molecule has 1 aromatic carbocycles. The number of pyridine rings is 1. The van der Waals surface area contributed by atoms with Gasteiger partial charge in [-0.2, -0.15) is 0 Å². The van der Waals surface area contributed by atoms with Crippen LogP contribution in [-0.4, -0.2) is 38.3 Å². The quantitative estimate of drug-likeness (QED) is 0.351. The van der Waals surface area contributed by atoms with Crippen molar-refractivity contribution in [1.82, 2.24) is 14.7 Å². The molecule has 1 amide bonds. The second-order valence-electron chi connectivity index (χ2n) is 9.82. The summed E-state index contributed by atoms with van der Waals surface area (Å²) in [5, 5.41) is 18.2. The Labute approximate surface area is 204 Å². The third-order valence-corrected chi connectivity index (χ3v) is 7.27. The number of non-ortho nitro benzene ring substituents is 1. The molecule has 9 nitrogen and oxygen atoms in total. The standard InChI is InChI=1S/C26H32N6O3/c27-19-9-11-21(12-10-19)29-26(33)18-13-14-31-23(16-18)30-24(17-5-4-8-22(15-17)32(34)35)25(31)28-20-6-2-1-3-7-20/h4-5,8,13-16,19-21,28H,1-3,6-7,9-12,27H2,(H,29,33). The number of rotatable bonds is 6. The molecule has 2 heterocycles. The number of hydrogen-bond donors (Lipinski definition) is 3. The lowest BCUT2D eigenvalue weighted by Gasteiger charge is -2.26. The monoisotopic (exact) mass is 476 g/mol. The fourth-order valence-electron chi connectivity index (χ4n) is 5.26. The highest BCUT2D eigenvalue weighted by atomic mass is 16.6. The molecular formula is C26H32N6O3. The van der Waals surface area contributed by atoms with E-state index >= 15 is 0 Å². The second-order valence-corrected chi connectivity index (χ2v) is 9.82. The summed E-state index contributed by atoms with van der Waals surface area (Å²) in [5.74, 6) is 0.690. The fraction of sp³-hybridized carbons (Fsp3) is 0.462. The predicted molar refractivity (Wildman–Crippen MR) is 135 cm³/mol. The first kappa shape index (κ1) is 23.3. The molecule has 35 heavy (non-hydrogen) atoms. The summed E-state index contributed by atoms with van der Waals surface area (Å²) in [6.07, 6.45) is 11.2. The number of nitrogens with one attached hydrogen (secondary N) is 2. The first-order valence-corrected chi connectivity index (χ1v) is 12.6. The third-order valence-electron chi connectivity index (χ3n) is 7.27. The van der Waals surface area contributed by atoms with Crippen LogP contribution in [0.5, 0.6) is 0 Å². The summed E-state index contributed by atoms with van der Waals surface area (Å²) < 4.78 is 1.94. The highest BCUT2D eigenvalue weighted by molar-refractivity contribution is 5.95. The van der Waals surface area contributed by atoms with Gasteiger partial charge in [0.05, 0.1) is 4.92 Å². The molecular weight excluding hydrogens is 444 g/mol. The molecule has 2 saturated carbocycles. The zero-order valence-corrected chi connectivity index (χ0v) is 19.8. The Morgan fingerprint density at radius 3 is 2.54 bits per heavy atom. The number of aromatic nitrogens is 2. The summed E-state index contributed by atoms with van der Waals surface area (Å²) in [6, 6.07) is 10.8. The van der Waals surface area contributed by atoms with Gasteiger partial charge in [-0.3, -0.25) is 19.3 Å². The van der Waals surface area contributed by atoms with Crippen molar-refractivity contribution in [1.29, 1.82) is 0 Å². The molecule has 9 heteroatoms. The zero-order chi connectivity index (χ0) is 24.4. The van der Waals surface area contributed by atoms with Crippen LogP contribution in [0.2, 0.25) is 0 Å². The van der Waals surface area contributed by atoms with Crippen molar-refractivity contribution in [2.24, 2.45) is 5.73 Å². The molecule has 2 aliphatic rings. The average Bonchev–Trinajstić information content (AvgIpc) is 3.23. The molecule has 184 valence electrons. The van der Waals surface area contributed by atoms with Gasteiger partial charge in [0.1, 0.15) is 17.2 Å².